The van der Waals surface area contributed by atoms with Crippen LogP contribution in [0.5, 0.6) is 0 Å². The van der Waals surface area contributed by atoms with E-state index in [0.29, 0.717) is 6.42 Å². The first-order chi connectivity index (χ1) is 9.74. The summed E-state index contributed by atoms with van der Waals surface area (Å²) in [5.41, 5.74) is 3.04. The summed E-state index contributed by atoms with van der Waals surface area (Å²) >= 11 is 0. The maximum absolute atomic E-state index is 12.3. The van der Waals surface area contributed by atoms with Gasteiger partial charge in [-0.1, -0.05) is 24.3 Å². The van der Waals surface area contributed by atoms with Crippen LogP contribution in [0.2, 0.25) is 0 Å². The van der Waals surface area contributed by atoms with E-state index < -0.39 is 0 Å². The number of nitrogens with one attached hydrogen (secondary N) is 1. The quantitative estimate of drug-likeness (QED) is 0.773. The molecule has 1 N–H and O–H groups in total. The van der Waals surface area contributed by atoms with E-state index >= 15 is 0 Å². The van der Waals surface area contributed by atoms with Gasteiger partial charge in [0, 0.05) is 24.4 Å². The number of aromatic amines is 1. The highest BCUT2D eigenvalue weighted by atomic mass is 16.2. The van der Waals surface area contributed by atoms with E-state index in [0.717, 1.165) is 22.2 Å². The highest BCUT2D eigenvalue weighted by molar-refractivity contribution is 5.94. The van der Waals surface area contributed by atoms with Gasteiger partial charge in [0.25, 0.3) is 0 Å². The molecule has 0 radical (unpaired) electrons. The molecule has 0 spiro atoms. The van der Waals surface area contributed by atoms with Crippen molar-refractivity contribution in [2.24, 2.45) is 0 Å². The Morgan fingerprint density at radius 3 is 2.70 bits per heavy atom. The highest BCUT2D eigenvalue weighted by Gasteiger charge is 2.11. The molecule has 3 heteroatoms. The molecule has 3 rings (SSSR count). The molecule has 0 aliphatic rings. The number of carbonyl (C=O) groups excluding carboxylic acids is 1. The number of likely N-dealkylation sites (N-methyl/N-ethyl adjacent to an activating group) is 1. The molecule has 0 bridgehead atoms. The van der Waals surface area contributed by atoms with Gasteiger partial charge in [-0.2, -0.15) is 0 Å². The highest BCUT2D eigenvalue weighted by Crippen LogP contribution is 2.17. The van der Waals surface area contributed by atoms with Gasteiger partial charge in [-0.05, 0) is 41.3 Å². The zero-order valence-corrected chi connectivity index (χ0v) is 11.3. The predicted octanol–water partition coefficient (Wildman–Crippen LogP) is 3.37. The third-order valence-electron chi connectivity index (χ3n) is 3.49. The Labute approximate surface area is 117 Å². The fourth-order valence-electron chi connectivity index (χ4n) is 2.30. The first kappa shape index (κ1) is 12.5. The van der Waals surface area contributed by atoms with Crippen molar-refractivity contribution < 1.29 is 4.79 Å². The molecule has 1 heterocycles. The van der Waals surface area contributed by atoms with Crippen LogP contribution in [0.25, 0.3) is 10.9 Å². The summed E-state index contributed by atoms with van der Waals surface area (Å²) in [6.07, 6.45) is 2.32. The van der Waals surface area contributed by atoms with E-state index in [1.807, 2.05) is 61.8 Å². The van der Waals surface area contributed by atoms with Gasteiger partial charge in [-0.15, -0.1) is 0 Å². The zero-order valence-electron chi connectivity index (χ0n) is 11.3. The van der Waals surface area contributed by atoms with Gasteiger partial charge in [-0.25, -0.2) is 0 Å². The first-order valence-corrected chi connectivity index (χ1v) is 6.62. The molecule has 0 fully saturated rings. The number of hydrogen-bond acceptors (Lipinski definition) is 1. The molecule has 3 aromatic rings. The van der Waals surface area contributed by atoms with Crippen molar-refractivity contribution in [3.05, 3.63) is 66.4 Å². The molecular formula is C17H16N2O. The number of anilines is 1. The molecule has 0 atom stereocenters. The number of H-pyrrole nitrogens is 1. The Morgan fingerprint density at radius 2 is 1.90 bits per heavy atom. The summed E-state index contributed by atoms with van der Waals surface area (Å²) in [7, 11) is 1.81. The van der Waals surface area contributed by atoms with Crippen molar-refractivity contribution in [3.63, 3.8) is 0 Å². The van der Waals surface area contributed by atoms with E-state index in [4.69, 9.17) is 0 Å². The Balaban J connectivity index is 1.78. The second-order valence-electron chi connectivity index (χ2n) is 4.86. The maximum atomic E-state index is 12.3. The zero-order chi connectivity index (χ0) is 13.9. The SMILES string of the molecule is CN(C(=O)Cc1ccc2[nH]ccc2c1)c1ccccc1. The fourth-order valence-corrected chi connectivity index (χ4v) is 2.30. The largest absolute Gasteiger partial charge is 0.361 e. The first-order valence-electron chi connectivity index (χ1n) is 6.62. The van der Waals surface area contributed by atoms with Crippen LogP contribution >= 0.6 is 0 Å². The summed E-state index contributed by atoms with van der Waals surface area (Å²) in [6, 6.07) is 17.8. The van der Waals surface area contributed by atoms with Gasteiger partial charge in [-0.3, -0.25) is 4.79 Å². The minimum atomic E-state index is 0.0890. The van der Waals surface area contributed by atoms with E-state index in [-0.39, 0.29) is 5.91 Å². The van der Waals surface area contributed by atoms with Crippen LogP contribution in [-0.2, 0) is 11.2 Å². The Bertz CT molecular complexity index is 731. The van der Waals surface area contributed by atoms with Crippen molar-refractivity contribution in [3.8, 4) is 0 Å². The number of amides is 1. The van der Waals surface area contributed by atoms with Gasteiger partial charge in [0.1, 0.15) is 0 Å². The van der Waals surface area contributed by atoms with Crippen LogP contribution in [0, 0.1) is 0 Å². The maximum Gasteiger partial charge on any atom is 0.231 e. The number of aromatic nitrogens is 1. The standard InChI is InChI=1S/C17H16N2O/c1-19(15-5-3-2-4-6-15)17(20)12-13-7-8-16-14(11-13)9-10-18-16/h2-11,18H,12H2,1H3. The van der Waals surface area contributed by atoms with Crippen LogP contribution in [-0.4, -0.2) is 17.9 Å². The van der Waals surface area contributed by atoms with Gasteiger partial charge in [0.15, 0.2) is 0 Å². The molecule has 0 aliphatic carbocycles. The normalized spacial score (nSPS) is 10.7. The average molecular weight is 264 g/mol. The number of nitrogens with zero attached hydrogens (tertiary/aromatic N) is 1. The molecule has 0 saturated heterocycles. The van der Waals surface area contributed by atoms with Gasteiger partial charge < -0.3 is 9.88 Å². The van der Waals surface area contributed by atoms with Crippen molar-refractivity contribution in [1.82, 2.24) is 4.98 Å². The lowest BCUT2D eigenvalue weighted by Crippen LogP contribution is -2.27. The fraction of sp³-hybridized carbons (Fsp3) is 0.118. The Kier molecular flexibility index (Phi) is 3.25. The van der Waals surface area contributed by atoms with Crippen LogP contribution in [0.1, 0.15) is 5.56 Å². The second-order valence-corrected chi connectivity index (χ2v) is 4.86. The van der Waals surface area contributed by atoms with Gasteiger partial charge >= 0.3 is 0 Å². The smallest absolute Gasteiger partial charge is 0.231 e. The molecule has 3 nitrogen and oxygen atoms in total. The minimum absolute atomic E-state index is 0.0890. The molecule has 0 saturated carbocycles. The molecule has 20 heavy (non-hydrogen) atoms. The second kappa shape index (κ2) is 5.21. The summed E-state index contributed by atoms with van der Waals surface area (Å²) < 4.78 is 0. The monoisotopic (exact) mass is 264 g/mol. The third-order valence-corrected chi connectivity index (χ3v) is 3.49. The molecule has 0 unspecified atom stereocenters. The van der Waals surface area contributed by atoms with E-state index in [9.17, 15) is 4.79 Å². The van der Waals surface area contributed by atoms with Crippen molar-refractivity contribution in [2.75, 3.05) is 11.9 Å². The number of hydrogen-bond donors (Lipinski definition) is 1. The predicted molar refractivity (Wildman–Crippen MR) is 81.9 cm³/mol. The minimum Gasteiger partial charge on any atom is -0.361 e. The molecule has 100 valence electrons. The summed E-state index contributed by atoms with van der Waals surface area (Å²) in [5.74, 6) is 0.0890. The number of benzene rings is 2. The number of para-hydroxylation sites is 1. The number of rotatable bonds is 3. The summed E-state index contributed by atoms with van der Waals surface area (Å²) in [6.45, 7) is 0. The topological polar surface area (TPSA) is 36.1 Å². The van der Waals surface area contributed by atoms with Gasteiger partial charge in [0.2, 0.25) is 5.91 Å². The summed E-state index contributed by atoms with van der Waals surface area (Å²) in [4.78, 5) is 17.2. The van der Waals surface area contributed by atoms with Crippen molar-refractivity contribution in [2.45, 2.75) is 6.42 Å². The molecule has 1 amide bonds. The van der Waals surface area contributed by atoms with Crippen LogP contribution in [0.3, 0.4) is 0 Å². The van der Waals surface area contributed by atoms with Crippen LogP contribution in [0.4, 0.5) is 5.69 Å². The Morgan fingerprint density at radius 1 is 1.10 bits per heavy atom. The van der Waals surface area contributed by atoms with Crippen LogP contribution in [0.15, 0.2) is 60.8 Å². The molecule has 2 aromatic carbocycles. The van der Waals surface area contributed by atoms with E-state index in [1.54, 1.807) is 4.90 Å². The lowest BCUT2D eigenvalue weighted by atomic mass is 10.1. The molecule has 0 aliphatic heterocycles. The Hall–Kier alpha value is -2.55. The van der Waals surface area contributed by atoms with E-state index in [2.05, 4.69) is 11.1 Å². The van der Waals surface area contributed by atoms with Crippen molar-refractivity contribution >= 4 is 22.5 Å². The lowest BCUT2D eigenvalue weighted by molar-refractivity contribution is -0.117. The van der Waals surface area contributed by atoms with E-state index in [1.165, 1.54) is 0 Å². The molecule has 1 aromatic heterocycles. The van der Waals surface area contributed by atoms with Crippen LogP contribution < -0.4 is 4.90 Å². The van der Waals surface area contributed by atoms with Gasteiger partial charge in [0.05, 0.1) is 6.42 Å². The average Bonchev–Trinajstić information content (AvgIpc) is 2.95. The number of carbonyl (C=O) groups is 1. The van der Waals surface area contributed by atoms with Crippen molar-refractivity contribution in [1.29, 1.82) is 0 Å². The third kappa shape index (κ3) is 2.43. The molecular weight excluding hydrogens is 248 g/mol. The number of fused-ring (bicyclic) bond motifs is 1. The summed E-state index contributed by atoms with van der Waals surface area (Å²) in [5, 5.41) is 1.14. The lowest BCUT2D eigenvalue weighted by Gasteiger charge is -2.17.